The Hall–Kier alpha value is -1.13. The zero-order chi connectivity index (χ0) is 41.4. The van der Waals surface area contributed by atoms with Gasteiger partial charge in [-0.25, -0.2) is 0 Å². The number of carbonyl (C=O) groups excluding carboxylic acids is 1. The molecule has 0 fully saturated rings. The van der Waals surface area contributed by atoms with Crippen molar-refractivity contribution in [2.24, 2.45) is 0 Å². The molecule has 0 aromatic heterocycles. The van der Waals surface area contributed by atoms with Crippen molar-refractivity contribution >= 4 is 5.91 Å². The Labute approximate surface area is 358 Å². The van der Waals surface area contributed by atoms with Gasteiger partial charge < -0.3 is 15.5 Å². The van der Waals surface area contributed by atoms with Gasteiger partial charge in [-0.1, -0.05) is 263 Å². The highest BCUT2D eigenvalue weighted by Gasteiger charge is 2.18. The summed E-state index contributed by atoms with van der Waals surface area (Å²) in [7, 11) is 0. The summed E-state index contributed by atoms with van der Waals surface area (Å²) in [5.74, 6) is -0.0628. The van der Waals surface area contributed by atoms with Crippen LogP contribution >= 0.6 is 0 Å². The van der Waals surface area contributed by atoms with E-state index in [1.807, 2.05) is 6.08 Å². The first-order chi connectivity index (χ1) is 28.2. The number of hydrogen-bond acceptors (Lipinski definition) is 3. The van der Waals surface area contributed by atoms with Crippen LogP contribution in [-0.4, -0.2) is 34.9 Å². The van der Waals surface area contributed by atoms with Gasteiger partial charge in [0.15, 0.2) is 0 Å². The standard InChI is InChI=1S/C53H103NO3/c1-3-5-7-9-11-13-15-17-19-21-23-25-26-27-29-31-33-35-37-39-41-43-45-47-49-53(57)54-51(50-55)52(56)48-46-44-42-40-38-36-34-32-30-28-24-22-20-18-16-14-12-10-8-6-4-2/h27,29,46,48,51-52,55-56H,3-26,28,30-45,47,49-50H2,1-2H3,(H,54,57)/b29-27-,48-46+. The molecule has 0 bridgehead atoms. The summed E-state index contributed by atoms with van der Waals surface area (Å²) in [6, 6.07) is -0.622. The second-order valence-corrected chi connectivity index (χ2v) is 17.9. The van der Waals surface area contributed by atoms with Gasteiger partial charge in [0.05, 0.1) is 18.8 Å². The highest BCUT2D eigenvalue weighted by atomic mass is 16.3. The van der Waals surface area contributed by atoms with Crippen LogP contribution in [0, 0.1) is 0 Å². The van der Waals surface area contributed by atoms with Gasteiger partial charge >= 0.3 is 0 Å². The van der Waals surface area contributed by atoms with Crippen molar-refractivity contribution in [3.63, 3.8) is 0 Å². The molecule has 2 atom stereocenters. The summed E-state index contributed by atoms with van der Waals surface area (Å²) in [6.45, 7) is 4.34. The number of allylic oxidation sites excluding steroid dienone is 3. The maximum atomic E-state index is 12.4. The van der Waals surface area contributed by atoms with Crippen LogP contribution in [0.3, 0.4) is 0 Å². The maximum absolute atomic E-state index is 12.4. The third-order valence-corrected chi connectivity index (χ3v) is 12.2. The predicted octanol–water partition coefficient (Wildman–Crippen LogP) is 16.8. The summed E-state index contributed by atoms with van der Waals surface area (Å²) >= 11 is 0. The number of aliphatic hydroxyl groups is 2. The van der Waals surface area contributed by atoms with Gasteiger partial charge in [-0.3, -0.25) is 4.79 Å². The molecule has 0 aromatic carbocycles. The molecule has 0 aliphatic rings. The number of rotatable bonds is 48. The molecule has 1 amide bonds. The van der Waals surface area contributed by atoms with E-state index in [4.69, 9.17) is 0 Å². The van der Waals surface area contributed by atoms with Crippen LogP contribution in [0.25, 0.3) is 0 Å². The normalized spacial score (nSPS) is 13.0. The SMILES string of the molecule is CCCCCCCCCCCCCC/C=C\CCCCCCCCCCC(=O)NC(CO)C(O)/C=C/CCCCCCCCCCCCCCCCCCCCC. The summed E-state index contributed by atoms with van der Waals surface area (Å²) in [6.07, 6.45) is 64.6. The fourth-order valence-electron chi connectivity index (χ4n) is 8.18. The fourth-order valence-corrected chi connectivity index (χ4v) is 8.18. The van der Waals surface area contributed by atoms with Crippen LogP contribution < -0.4 is 5.32 Å². The van der Waals surface area contributed by atoms with Crippen LogP contribution in [-0.2, 0) is 4.79 Å². The minimum atomic E-state index is -0.839. The van der Waals surface area contributed by atoms with E-state index < -0.39 is 12.1 Å². The number of hydrogen-bond donors (Lipinski definition) is 3. The summed E-state index contributed by atoms with van der Waals surface area (Å²) < 4.78 is 0. The first-order valence-electron chi connectivity index (χ1n) is 26.1. The van der Waals surface area contributed by atoms with E-state index in [1.165, 1.54) is 244 Å². The van der Waals surface area contributed by atoms with Crippen LogP contribution in [0.15, 0.2) is 24.3 Å². The molecular formula is C53H103NO3. The van der Waals surface area contributed by atoms with Crippen molar-refractivity contribution in [2.45, 2.75) is 302 Å². The van der Waals surface area contributed by atoms with Gasteiger partial charge in [-0.05, 0) is 44.9 Å². The molecule has 0 heterocycles. The van der Waals surface area contributed by atoms with E-state index in [0.717, 1.165) is 25.7 Å². The highest BCUT2D eigenvalue weighted by molar-refractivity contribution is 5.76. The van der Waals surface area contributed by atoms with Gasteiger partial charge in [0, 0.05) is 6.42 Å². The van der Waals surface area contributed by atoms with Crippen LogP contribution in [0.5, 0.6) is 0 Å². The quantitative estimate of drug-likeness (QED) is 0.0424. The molecule has 2 unspecified atom stereocenters. The van der Waals surface area contributed by atoms with E-state index >= 15 is 0 Å². The summed E-state index contributed by atoms with van der Waals surface area (Å²) in [5.41, 5.74) is 0. The molecule has 4 heteroatoms. The lowest BCUT2D eigenvalue weighted by molar-refractivity contribution is -0.123. The molecule has 0 aromatic rings. The van der Waals surface area contributed by atoms with Crippen molar-refractivity contribution < 1.29 is 15.0 Å². The van der Waals surface area contributed by atoms with Gasteiger partial charge in [-0.2, -0.15) is 0 Å². The molecule has 57 heavy (non-hydrogen) atoms. The zero-order valence-electron chi connectivity index (χ0n) is 38.9. The zero-order valence-corrected chi connectivity index (χ0v) is 38.9. The van der Waals surface area contributed by atoms with E-state index in [-0.39, 0.29) is 12.5 Å². The largest absolute Gasteiger partial charge is 0.394 e. The summed E-state index contributed by atoms with van der Waals surface area (Å²) in [4.78, 5) is 12.4. The Balaban J connectivity index is 3.50. The van der Waals surface area contributed by atoms with E-state index in [2.05, 4.69) is 31.3 Å². The van der Waals surface area contributed by atoms with E-state index in [0.29, 0.717) is 6.42 Å². The number of carbonyl (C=O) groups is 1. The van der Waals surface area contributed by atoms with Crippen LogP contribution in [0.4, 0.5) is 0 Å². The molecule has 4 nitrogen and oxygen atoms in total. The smallest absolute Gasteiger partial charge is 0.220 e. The molecular weight excluding hydrogens is 699 g/mol. The van der Waals surface area contributed by atoms with Gasteiger partial charge in [0.1, 0.15) is 0 Å². The molecule has 0 aliphatic carbocycles. The Morgan fingerprint density at radius 2 is 0.667 bits per heavy atom. The second kappa shape index (κ2) is 49.2. The lowest BCUT2D eigenvalue weighted by Crippen LogP contribution is -2.45. The third kappa shape index (κ3) is 45.8. The van der Waals surface area contributed by atoms with Crippen molar-refractivity contribution in [2.75, 3.05) is 6.61 Å². The van der Waals surface area contributed by atoms with Crippen molar-refractivity contribution in [3.8, 4) is 0 Å². The summed E-state index contributed by atoms with van der Waals surface area (Å²) in [5, 5.41) is 23.1. The average molecular weight is 802 g/mol. The topological polar surface area (TPSA) is 69.6 Å². The highest BCUT2D eigenvalue weighted by Crippen LogP contribution is 2.17. The predicted molar refractivity (Wildman–Crippen MR) is 253 cm³/mol. The van der Waals surface area contributed by atoms with Gasteiger partial charge in [0.25, 0.3) is 0 Å². The molecule has 0 aliphatic heterocycles. The lowest BCUT2D eigenvalue weighted by Gasteiger charge is -2.20. The molecule has 0 rings (SSSR count). The minimum Gasteiger partial charge on any atom is -0.394 e. The van der Waals surface area contributed by atoms with Gasteiger partial charge in [0.2, 0.25) is 5.91 Å². The Bertz CT molecular complexity index is 825. The van der Waals surface area contributed by atoms with E-state index in [1.54, 1.807) is 6.08 Å². The number of nitrogens with one attached hydrogen (secondary N) is 1. The maximum Gasteiger partial charge on any atom is 0.220 e. The van der Waals surface area contributed by atoms with Crippen molar-refractivity contribution in [3.05, 3.63) is 24.3 Å². The fraction of sp³-hybridized carbons (Fsp3) is 0.906. The van der Waals surface area contributed by atoms with Crippen molar-refractivity contribution in [1.29, 1.82) is 0 Å². The second-order valence-electron chi connectivity index (χ2n) is 17.9. The third-order valence-electron chi connectivity index (χ3n) is 12.2. The Morgan fingerprint density at radius 3 is 0.965 bits per heavy atom. The van der Waals surface area contributed by atoms with Gasteiger partial charge in [-0.15, -0.1) is 0 Å². The van der Waals surface area contributed by atoms with E-state index in [9.17, 15) is 15.0 Å². The monoisotopic (exact) mass is 802 g/mol. The first kappa shape index (κ1) is 55.9. The van der Waals surface area contributed by atoms with Crippen LogP contribution in [0.1, 0.15) is 290 Å². The molecule has 0 radical (unpaired) electrons. The molecule has 0 saturated carbocycles. The number of amides is 1. The molecule has 3 N–H and O–H groups in total. The molecule has 0 spiro atoms. The number of unbranched alkanes of at least 4 members (excludes halogenated alkanes) is 39. The first-order valence-corrected chi connectivity index (χ1v) is 26.1. The lowest BCUT2D eigenvalue weighted by atomic mass is 10.0. The molecule has 0 saturated heterocycles. The Morgan fingerprint density at radius 1 is 0.404 bits per heavy atom. The molecule has 338 valence electrons. The number of aliphatic hydroxyl groups excluding tert-OH is 2. The average Bonchev–Trinajstić information content (AvgIpc) is 3.22. The Kier molecular flexibility index (Phi) is 48.3. The van der Waals surface area contributed by atoms with Crippen molar-refractivity contribution in [1.82, 2.24) is 5.32 Å². The minimum absolute atomic E-state index is 0.0628. The van der Waals surface area contributed by atoms with Crippen LogP contribution in [0.2, 0.25) is 0 Å².